The zero-order chi connectivity index (χ0) is 23.3. The molecule has 1 aromatic heterocycles. The van der Waals surface area contributed by atoms with E-state index in [1.54, 1.807) is 18.3 Å². The Morgan fingerprint density at radius 3 is 2.53 bits per heavy atom. The summed E-state index contributed by atoms with van der Waals surface area (Å²) in [5.41, 5.74) is 4.33. The van der Waals surface area contributed by atoms with Gasteiger partial charge in [0.25, 0.3) is 5.69 Å². The fourth-order valence-electron chi connectivity index (χ4n) is 3.66. The van der Waals surface area contributed by atoms with Crippen molar-refractivity contribution in [2.75, 3.05) is 35.5 Å². The number of fused-ring (bicyclic) bond motifs is 1. The van der Waals surface area contributed by atoms with Gasteiger partial charge in [0.1, 0.15) is 0 Å². The van der Waals surface area contributed by atoms with Crippen molar-refractivity contribution >= 4 is 35.4 Å². The van der Waals surface area contributed by atoms with Crippen LogP contribution in [-0.4, -0.2) is 46.0 Å². The van der Waals surface area contributed by atoms with Crippen molar-refractivity contribution in [1.29, 1.82) is 0 Å². The number of piperidine rings is 1. The number of benzene rings is 2. The summed E-state index contributed by atoms with van der Waals surface area (Å²) in [5.74, 6) is 2.50. The van der Waals surface area contributed by atoms with Crippen LogP contribution in [0.1, 0.15) is 24.8 Å². The van der Waals surface area contributed by atoms with Crippen LogP contribution < -0.4 is 25.1 Å². The van der Waals surface area contributed by atoms with E-state index in [9.17, 15) is 10.1 Å². The van der Waals surface area contributed by atoms with Crippen molar-refractivity contribution in [1.82, 2.24) is 15.0 Å². The molecule has 5 rings (SSSR count). The quantitative estimate of drug-likeness (QED) is 0.303. The maximum absolute atomic E-state index is 10.9. The third-order valence-corrected chi connectivity index (χ3v) is 5.37. The highest BCUT2D eigenvalue weighted by atomic mass is 16.7. The molecule has 0 bridgehead atoms. The van der Waals surface area contributed by atoms with E-state index in [0.717, 1.165) is 31.5 Å². The number of nitro benzene ring substituents is 1. The first-order valence-electron chi connectivity index (χ1n) is 10.9. The van der Waals surface area contributed by atoms with Gasteiger partial charge in [0.15, 0.2) is 11.5 Å². The molecule has 0 unspecified atom stereocenters. The van der Waals surface area contributed by atoms with Crippen molar-refractivity contribution in [2.24, 2.45) is 5.10 Å². The van der Waals surface area contributed by atoms with Crippen molar-refractivity contribution in [3.8, 4) is 11.5 Å². The summed E-state index contributed by atoms with van der Waals surface area (Å²) >= 11 is 0. The van der Waals surface area contributed by atoms with Gasteiger partial charge in [0, 0.05) is 30.9 Å². The van der Waals surface area contributed by atoms with Crippen LogP contribution in [0.2, 0.25) is 0 Å². The van der Waals surface area contributed by atoms with E-state index in [1.807, 2.05) is 18.2 Å². The molecule has 0 saturated carbocycles. The molecular weight excluding hydrogens is 440 g/mol. The van der Waals surface area contributed by atoms with Crippen LogP contribution in [0, 0.1) is 10.1 Å². The standard InChI is InChI=1S/C22H22N8O4/c31-30(32)17-7-5-16(6-8-17)24-20-25-21(27-22(26-20)29-10-2-1-3-11-29)28-23-13-15-4-9-18-19(12-15)34-14-33-18/h4-9,12-13H,1-3,10-11,14H2,(H2,24,25,26,27,28)/b23-13+. The maximum atomic E-state index is 10.9. The highest BCUT2D eigenvalue weighted by molar-refractivity contribution is 5.81. The molecule has 12 nitrogen and oxygen atoms in total. The lowest BCUT2D eigenvalue weighted by atomic mass is 10.1. The normalized spacial score (nSPS) is 14.9. The predicted molar refractivity (Wildman–Crippen MR) is 126 cm³/mol. The SMILES string of the molecule is O=[N+]([O-])c1ccc(Nc2nc(N/N=C/c3ccc4c(c3)OCO4)nc(N3CCCCC3)n2)cc1. The number of non-ortho nitro benzene ring substituents is 1. The van der Waals surface area contributed by atoms with Crippen LogP contribution in [0.15, 0.2) is 47.6 Å². The molecule has 2 aromatic carbocycles. The molecule has 0 aliphatic carbocycles. The number of hydrogen-bond acceptors (Lipinski definition) is 11. The Kier molecular flexibility index (Phi) is 6.01. The Hall–Kier alpha value is -4.48. The van der Waals surface area contributed by atoms with Gasteiger partial charge in [0.05, 0.1) is 11.1 Å². The van der Waals surface area contributed by atoms with Gasteiger partial charge in [-0.1, -0.05) is 0 Å². The molecule has 174 valence electrons. The molecule has 0 atom stereocenters. The molecule has 2 aliphatic heterocycles. The second kappa shape index (κ2) is 9.57. The number of anilines is 4. The number of hydrazone groups is 1. The highest BCUT2D eigenvalue weighted by Gasteiger charge is 2.17. The van der Waals surface area contributed by atoms with Crippen LogP contribution in [0.3, 0.4) is 0 Å². The minimum atomic E-state index is -0.443. The summed E-state index contributed by atoms with van der Waals surface area (Å²) in [5, 5.41) is 18.3. The van der Waals surface area contributed by atoms with Gasteiger partial charge < -0.3 is 19.7 Å². The number of hydrogen-bond donors (Lipinski definition) is 2. The molecule has 12 heteroatoms. The van der Waals surface area contributed by atoms with Gasteiger partial charge in [0.2, 0.25) is 24.6 Å². The lowest BCUT2D eigenvalue weighted by molar-refractivity contribution is -0.384. The Bertz CT molecular complexity index is 1210. The third kappa shape index (κ3) is 4.95. The molecule has 3 heterocycles. The van der Waals surface area contributed by atoms with E-state index in [-0.39, 0.29) is 18.4 Å². The van der Waals surface area contributed by atoms with Crippen molar-refractivity contribution in [2.45, 2.75) is 19.3 Å². The van der Waals surface area contributed by atoms with Crippen LogP contribution in [0.4, 0.5) is 29.2 Å². The molecule has 34 heavy (non-hydrogen) atoms. The third-order valence-electron chi connectivity index (χ3n) is 5.37. The van der Waals surface area contributed by atoms with Crippen molar-refractivity contribution < 1.29 is 14.4 Å². The largest absolute Gasteiger partial charge is 0.454 e. The van der Waals surface area contributed by atoms with Gasteiger partial charge >= 0.3 is 0 Å². The molecule has 2 N–H and O–H groups in total. The minimum Gasteiger partial charge on any atom is -0.454 e. The number of nitrogens with one attached hydrogen (secondary N) is 2. The van der Waals surface area contributed by atoms with Gasteiger partial charge in [-0.25, -0.2) is 5.43 Å². The molecule has 0 radical (unpaired) electrons. The maximum Gasteiger partial charge on any atom is 0.269 e. The number of rotatable bonds is 7. The zero-order valence-electron chi connectivity index (χ0n) is 18.2. The first-order valence-corrected chi connectivity index (χ1v) is 10.9. The van der Waals surface area contributed by atoms with Crippen LogP contribution >= 0.6 is 0 Å². The Morgan fingerprint density at radius 1 is 0.971 bits per heavy atom. The van der Waals surface area contributed by atoms with Gasteiger partial charge in [-0.15, -0.1) is 0 Å². The topological polar surface area (TPSA) is 140 Å². The van der Waals surface area contributed by atoms with Gasteiger partial charge in [-0.3, -0.25) is 10.1 Å². The average Bonchev–Trinajstić information content (AvgIpc) is 3.33. The van der Waals surface area contributed by atoms with Gasteiger partial charge in [-0.05, 0) is 55.2 Å². The molecule has 3 aromatic rings. The summed E-state index contributed by atoms with van der Waals surface area (Å²) < 4.78 is 10.7. The highest BCUT2D eigenvalue weighted by Crippen LogP contribution is 2.32. The first kappa shape index (κ1) is 21.4. The van der Waals surface area contributed by atoms with E-state index in [4.69, 9.17) is 9.47 Å². The van der Waals surface area contributed by atoms with Crippen molar-refractivity contribution in [3.05, 3.63) is 58.1 Å². The molecule has 0 amide bonds. The Balaban J connectivity index is 1.36. The monoisotopic (exact) mass is 462 g/mol. The molecule has 1 fully saturated rings. The Labute approximate surface area is 194 Å². The zero-order valence-corrected chi connectivity index (χ0v) is 18.2. The first-order chi connectivity index (χ1) is 16.6. The molecule has 0 spiro atoms. The molecule has 2 aliphatic rings. The van der Waals surface area contributed by atoms with Gasteiger partial charge in [-0.2, -0.15) is 20.1 Å². The van der Waals surface area contributed by atoms with E-state index >= 15 is 0 Å². The van der Waals surface area contributed by atoms with Crippen molar-refractivity contribution in [3.63, 3.8) is 0 Å². The Morgan fingerprint density at radius 2 is 1.74 bits per heavy atom. The summed E-state index contributed by atoms with van der Waals surface area (Å²) in [6.07, 6.45) is 4.96. The predicted octanol–water partition coefficient (Wildman–Crippen LogP) is 3.69. The minimum absolute atomic E-state index is 0.00964. The summed E-state index contributed by atoms with van der Waals surface area (Å²) in [4.78, 5) is 26.1. The fraction of sp³-hybridized carbons (Fsp3) is 0.273. The number of ether oxygens (including phenoxy) is 2. The lowest BCUT2D eigenvalue weighted by Crippen LogP contribution is -2.31. The molecular formula is C22H22N8O4. The number of nitro groups is 1. The summed E-state index contributed by atoms with van der Waals surface area (Å²) in [6, 6.07) is 11.6. The average molecular weight is 462 g/mol. The van der Waals surface area contributed by atoms with E-state index < -0.39 is 4.92 Å². The lowest BCUT2D eigenvalue weighted by Gasteiger charge is -2.26. The number of aromatic nitrogens is 3. The van der Waals surface area contributed by atoms with Crippen LogP contribution in [0.25, 0.3) is 0 Å². The smallest absolute Gasteiger partial charge is 0.269 e. The van der Waals surface area contributed by atoms with Crippen LogP contribution in [-0.2, 0) is 0 Å². The summed E-state index contributed by atoms with van der Waals surface area (Å²) in [6.45, 7) is 1.94. The van der Waals surface area contributed by atoms with Crippen LogP contribution in [0.5, 0.6) is 11.5 Å². The van der Waals surface area contributed by atoms with E-state index in [0.29, 0.717) is 29.1 Å². The number of nitrogens with zero attached hydrogens (tertiary/aromatic N) is 6. The van der Waals surface area contributed by atoms with E-state index in [2.05, 4.69) is 35.7 Å². The fourth-order valence-corrected chi connectivity index (χ4v) is 3.66. The van der Waals surface area contributed by atoms with E-state index in [1.165, 1.54) is 18.6 Å². The second-order valence-electron chi connectivity index (χ2n) is 7.74. The molecule has 1 saturated heterocycles. The summed E-state index contributed by atoms with van der Waals surface area (Å²) in [7, 11) is 0. The second-order valence-corrected chi connectivity index (χ2v) is 7.74.